The van der Waals surface area contributed by atoms with Crippen LogP contribution in [-0.4, -0.2) is 11.8 Å². The standard InChI is InChI=1S/C7H12ClO2/c8-6-4-2-1-3-5-7(9)10/h1-6H2. The predicted octanol–water partition coefficient (Wildman–Crippen LogP) is 2.13. The second-order valence-corrected chi connectivity index (χ2v) is 2.60. The van der Waals surface area contributed by atoms with Crippen LogP contribution in [0, 0.1) is 0 Å². The summed E-state index contributed by atoms with van der Waals surface area (Å²) in [6.45, 7) is 0. The molecule has 0 unspecified atom stereocenters. The molecule has 0 saturated heterocycles. The van der Waals surface area contributed by atoms with E-state index in [2.05, 4.69) is 0 Å². The molecule has 0 aliphatic carbocycles. The molecule has 0 heterocycles. The first-order valence-electron chi connectivity index (χ1n) is 3.53. The van der Waals surface area contributed by atoms with E-state index in [1.165, 1.54) is 0 Å². The number of carbonyl (C=O) groups is 1. The molecule has 0 amide bonds. The summed E-state index contributed by atoms with van der Waals surface area (Å²) in [5.74, 6) is -0.281. The van der Waals surface area contributed by atoms with Crippen LogP contribution in [-0.2, 0) is 9.90 Å². The molecule has 0 aromatic carbocycles. The van der Waals surface area contributed by atoms with E-state index < -0.39 is 5.97 Å². The molecule has 0 aliphatic rings. The zero-order valence-corrected chi connectivity index (χ0v) is 6.69. The van der Waals surface area contributed by atoms with Crippen molar-refractivity contribution in [1.82, 2.24) is 0 Å². The molecule has 0 saturated carbocycles. The van der Waals surface area contributed by atoms with Crippen molar-refractivity contribution in [2.24, 2.45) is 0 Å². The van der Waals surface area contributed by atoms with Crippen LogP contribution in [0.2, 0.25) is 0 Å². The molecule has 3 heteroatoms. The van der Waals surface area contributed by atoms with E-state index in [4.69, 9.17) is 11.6 Å². The van der Waals surface area contributed by atoms with Gasteiger partial charge in [0, 0.05) is 5.88 Å². The van der Waals surface area contributed by atoms with Gasteiger partial charge in [-0.05, 0) is 12.8 Å². The van der Waals surface area contributed by atoms with Gasteiger partial charge >= 0.3 is 5.97 Å². The van der Waals surface area contributed by atoms with Crippen molar-refractivity contribution in [1.29, 1.82) is 0 Å². The van der Waals surface area contributed by atoms with Crippen molar-refractivity contribution in [2.45, 2.75) is 32.1 Å². The first-order chi connectivity index (χ1) is 4.77. The zero-order valence-electron chi connectivity index (χ0n) is 5.94. The maximum Gasteiger partial charge on any atom is 0.355 e. The van der Waals surface area contributed by atoms with Gasteiger partial charge in [0.1, 0.15) is 0 Å². The van der Waals surface area contributed by atoms with Gasteiger partial charge in [0.15, 0.2) is 0 Å². The molecule has 2 nitrogen and oxygen atoms in total. The molecule has 0 spiro atoms. The first kappa shape index (κ1) is 9.76. The largest absolute Gasteiger partial charge is 0.355 e. The van der Waals surface area contributed by atoms with Crippen LogP contribution >= 0.6 is 11.6 Å². The average molecular weight is 164 g/mol. The zero-order chi connectivity index (χ0) is 7.82. The highest BCUT2D eigenvalue weighted by Crippen LogP contribution is 2.03. The molecule has 0 bridgehead atoms. The van der Waals surface area contributed by atoms with Crippen LogP contribution in [0.4, 0.5) is 0 Å². The summed E-state index contributed by atoms with van der Waals surface area (Å²) in [4.78, 5) is 9.89. The van der Waals surface area contributed by atoms with Gasteiger partial charge in [0.05, 0.1) is 6.42 Å². The molecule has 0 aromatic rings. The van der Waals surface area contributed by atoms with E-state index in [9.17, 15) is 9.90 Å². The Balaban J connectivity index is 2.84. The number of rotatable bonds is 6. The summed E-state index contributed by atoms with van der Waals surface area (Å²) in [6.07, 6.45) is 3.85. The summed E-state index contributed by atoms with van der Waals surface area (Å²) in [5.41, 5.74) is 0. The number of unbranched alkanes of at least 4 members (excludes halogenated alkanes) is 3. The highest BCUT2D eigenvalue weighted by atomic mass is 35.5. The van der Waals surface area contributed by atoms with Gasteiger partial charge in [0.25, 0.3) is 0 Å². The van der Waals surface area contributed by atoms with Gasteiger partial charge in [-0.15, -0.1) is 11.6 Å². The highest BCUT2D eigenvalue weighted by Gasteiger charge is 1.97. The molecule has 0 rings (SSSR count). The lowest BCUT2D eigenvalue weighted by atomic mass is 10.2. The highest BCUT2D eigenvalue weighted by molar-refractivity contribution is 6.17. The summed E-state index contributed by atoms with van der Waals surface area (Å²) in [5, 5.41) is 9.89. The fourth-order valence-corrected chi connectivity index (χ4v) is 0.906. The Morgan fingerprint density at radius 3 is 2.20 bits per heavy atom. The monoisotopic (exact) mass is 163 g/mol. The molecule has 10 heavy (non-hydrogen) atoms. The Bertz CT molecular complexity index is 93.6. The predicted molar refractivity (Wildman–Crippen MR) is 39.5 cm³/mol. The molecule has 0 fully saturated rings. The third-order valence-electron chi connectivity index (χ3n) is 1.26. The quantitative estimate of drug-likeness (QED) is 0.437. The van der Waals surface area contributed by atoms with E-state index in [0.29, 0.717) is 5.88 Å². The van der Waals surface area contributed by atoms with Gasteiger partial charge in [0.2, 0.25) is 0 Å². The summed E-state index contributed by atoms with van der Waals surface area (Å²) in [7, 11) is 0. The minimum Gasteiger partial charge on any atom is -0.247 e. The first-order valence-corrected chi connectivity index (χ1v) is 4.06. The van der Waals surface area contributed by atoms with Crippen molar-refractivity contribution in [3.05, 3.63) is 0 Å². The van der Waals surface area contributed by atoms with Crippen LogP contribution in [0.3, 0.4) is 0 Å². The maximum absolute atomic E-state index is 9.89. The Kier molecular flexibility index (Phi) is 6.71. The molecule has 0 N–H and O–H groups in total. The Morgan fingerprint density at radius 1 is 1.10 bits per heavy atom. The molecule has 0 aliphatic heterocycles. The van der Waals surface area contributed by atoms with Crippen molar-refractivity contribution in [3.63, 3.8) is 0 Å². The van der Waals surface area contributed by atoms with Crippen LogP contribution in [0.1, 0.15) is 32.1 Å². The van der Waals surface area contributed by atoms with E-state index in [1.54, 1.807) is 0 Å². The van der Waals surface area contributed by atoms with Crippen LogP contribution in [0.5, 0.6) is 0 Å². The molecular formula is C7H12ClO2. The second-order valence-electron chi connectivity index (χ2n) is 2.23. The lowest BCUT2D eigenvalue weighted by molar-refractivity contribution is -0.143. The van der Waals surface area contributed by atoms with Crippen molar-refractivity contribution in [3.8, 4) is 0 Å². The third-order valence-corrected chi connectivity index (χ3v) is 1.53. The summed E-state index contributed by atoms with van der Waals surface area (Å²) < 4.78 is 0. The lowest BCUT2D eigenvalue weighted by Crippen LogP contribution is -1.91. The van der Waals surface area contributed by atoms with E-state index >= 15 is 0 Å². The fourth-order valence-electron chi connectivity index (χ4n) is 0.717. The van der Waals surface area contributed by atoms with Crippen LogP contribution in [0.25, 0.3) is 0 Å². The smallest absolute Gasteiger partial charge is 0.247 e. The Labute approximate surface area is 66.2 Å². The topological polar surface area (TPSA) is 37.0 Å². The maximum atomic E-state index is 9.89. The number of hydrogen-bond donors (Lipinski definition) is 0. The molecule has 0 aromatic heterocycles. The second kappa shape index (κ2) is 6.87. The molecule has 59 valence electrons. The van der Waals surface area contributed by atoms with Gasteiger partial charge in [-0.2, -0.15) is 0 Å². The van der Waals surface area contributed by atoms with Crippen LogP contribution in [0.15, 0.2) is 0 Å². The average Bonchev–Trinajstić information content (AvgIpc) is 1.87. The normalized spacial score (nSPS) is 9.70. The summed E-state index contributed by atoms with van der Waals surface area (Å²) >= 11 is 5.41. The van der Waals surface area contributed by atoms with Crippen molar-refractivity contribution >= 4 is 17.6 Å². The van der Waals surface area contributed by atoms with E-state index in [-0.39, 0.29) is 6.42 Å². The Hall–Kier alpha value is -0.240. The lowest BCUT2D eigenvalue weighted by Gasteiger charge is -1.93. The Morgan fingerprint density at radius 2 is 1.70 bits per heavy atom. The molecular weight excluding hydrogens is 152 g/mol. The summed E-state index contributed by atoms with van der Waals surface area (Å²) in [6, 6.07) is 0. The molecule has 1 radical (unpaired) electrons. The van der Waals surface area contributed by atoms with Gasteiger partial charge in [-0.3, -0.25) is 0 Å². The van der Waals surface area contributed by atoms with Crippen molar-refractivity contribution < 1.29 is 9.90 Å². The minimum atomic E-state index is -0.953. The van der Waals surface area contributed by atoms with Gasteiger partial charge in [-0.1, -0.05) is 12.8 Å². The fraction of sp³-hybridized carbons (Fsp3) is 0.857. The number of carbonyl (C=O) groups excluding carboxylic acids is 1. The number of halogens is 1. The van der Waals surface area contributed by atoms with Gasteiger partial charge < -0.3 is 0 Å². The van der Waals surface area contributed by atoms with Crippen LogP contribution < -0.4 is 0 Å². The van der Waals surface area contributed by atoms with E-state index in [0.717, 1.165) is 25.7 Å². The van der Waals surface area contributed by atoms with Crippen molar-refractivity contribution in [2.75, 3.05) is 5.88 Å². The number of alkyl halides is 1. The minimum absolute atomic E-state index is 0.183. The van der Waals surface area contributed by atoms with Gasteiger partial charge in [-0.25, -0.2) is 9.90 Å². The van der Waals surface area contributed by atoms with E-state index in [1.807, 2.05) is 0 Å². The number of hydrogen-bond acceptors (Lipinski definition) is 1. The molecule has 0 atom stereocenters. The SMILES string of the molecule is [O]C(=O)CCCCCCCl. The third kappa shape index (κ3) is 7.76.